The van der Waals surface area contributed by atoms with E-state index in [0.29, 0.717) is 12.5 Å². The fraction of sp³-hybridized carbons (Fsp3) is 0.846. The Morgan fingerprint density at radius 1 is 1.29 bits per heavy atom. The summed E-state index contributed by atoms with van der Waals surface area (Å²) < 4.78 is 0. The zero-order valence-corrected chi connectivity index (χ0v) is 10.6. The Bertz CT molecular complexity index is 317. The van der Waals surface area contributed by atoms with Crippen LogP contribution in [0.3, 0.4) is 0 Å². The number of carbonyl (C=O) groups excluding carboxylic acids is 1. The van der Waals surface area contributed by atoms with E-state index in [-0.39, 0.29) is 11.9 Å². The number of amides is 1. The van der Waals surface area contributed by atoms with Crippen LogP contribution in [0.1, 0.15) is 38.5 Å². The summed E-state index contributed by atoms with van der Waals surface area (Å²) in [6, 6.07) is 2.36. The first-order chi connectivity index (χ1) is 8.24. The van der Waals surface area contributed by atoms with Crippen molar-refractivity contribution in [1.82, 2.24) is 9.80 Å². The van der Waals surface area contributed by atoms with E-state index in [0.717, 1.165) is 25.9 Å². The van der Waals surface area contributed by atoms with Gasteiger partial charge in [0.05, 0.1) is 12.5 Å². The molecule has 2 rings (SSSR count). The summed E-state index contributed by atoms with van der Waals surface area (Å²) in [5, 5.41) is 8.80. The molecule has 0 bridgehead atoms. The fourth-order valence-corrected chi connectivity index (χ4v) is 3.00. The highest BCUT2D eigenvalue weighted by Gasteiger charge is 2.36. The van der Waals surface area contributed by atoms with Gasteiger partial charge in [-0.2, -0.15) is 5.26 Å². The molecule has 1 saturated heterocycles. The molecule has 1 heterocycles. The molecule has 1 aliphatic heterocycles. The van der Waals surface area contributed by atoms with Crippen LogP contribution in [0.15, 0.2) is 0 Å². The zero-order valence-electron chi connectivity index (χ0n) is 10.6. The van der Waals surface area contributed by atoms with Crippen molar-refractivity contribution in [3.8, 4) is 6.07 Å². The third-order valence-corrected chi connectivity index (χ3v) is 4.09. The Morgan fingerprint density at radius 3 is 2.65 bits per heavy atom. The average Bonchev–Trinajstić information content (AvgIpc) is 2.36. The second-order valence-electron chi connectivity index (χ2n) is 5.18. The number of nitrogens with zero attached hydrogens (tertiary/aromatic N) is 3. The Kier molecular flexibility index (Phi) is 4.01. The highest BCUT2D eigenvalue weighted by molar-refractivity contribution is 5.83. The summed E-state index contributed by atoms with van der Waals surface area (Å²) in [7, 11) is 1.94. The largest absolute Gasteiger partial charge is 0.337 e. The van der Waals surface area contributed by atoms with Crippen LogP contribution in [0.2, 0.25) is 0 Å². The van der Waals surface area contributed by atoms with Gasteiger partial charge in [0.15, 0.2) is 0 Å². The Balaban J connectivity index is 2.03. The molecule has 2 aliphatic rings. The van der Waals surface area contributed by atoms with Gasteiger partial charge in [0.1, 0.15) is 6.04 Å². The molecule has 17 heavy (non-hydrogen) atoms. The molecule has 0 aromatic heterocycles. The lowest BCUT2D eigenvalue weighted by atomic mass is 9.92. The van der Waals surface area contributed by atoms with Crippen LogP contribution >= 0.6 is 0 Å². The van der Waals surface area contributed by atoms with Crippen molar-refractivity contribution in [2.75, 3.05) is 20.1 Å². The minimum atomic E-state index is -0.212. The lowest BCUT2D eigenvalue weighted by Crippen LogP contribution is -2.58. The van der Waals surface area contributed by atoms with E-state index in [1.54, 1.807) is 0 Å². The molecule has 2 fully saturated rings. The third-order valence-electron chi connectivity index (χ3n) is 4.09. The molecule has 0 N–H and O–H groups in total. The highest BCUT2D eigenvalue weighted by atomic mass is 16.2. The van der Waals surface area contributed by atoms with Crippen molar-refractivity contribution in [2.45, 2.75) is 50.6 Å². The third kappa shape index (κ3) is 2.61. The maximum atomic E-state index is 12.4. The van der Waals surface area contributed by atoms with Gasteiger partial charge >= 0.3 is 0 Å². The maximum absolute atomic E-state index is 12.4. The van der Waals surface area contributed by atoms with E-state index in [1.807, 2.05) is 16.8 Å². The van der Waals surface area contributed by atoms with E-state index >= 15 is 0 Å². The second kappa shape index (κ2) is 5.50. The first-order valence-electron chi connectivity index (χ1n) is 6.61. The van der Waals surface area contributed by atoms with E-state index in [2.05, 4.69) is 6.07 Å². The van der Waals surface area contributed by atoms with Crippen LogP contribution in [-0.4, -0.2) is 47.9 Å². The Morgan fingerprint density at radius 2 is 2.00 bits per heavy atom. The van der Waals surface area contributed by atoms with Gasteiger partial charge in [-0.05, 0) is 19.9 Å². The van der Waals surface area contributed by atoms with E-state index in [4.69, 9.17) is 5.26 Å². The van der Waals surface area contributed by atoms with Gasteiger partial charge in [0, 0.05) is 19.1 Å². The predicted octanol–water partition coefficient (Wildman–Crippen LogP) is 1.38. The van der Waals surface area contributed by atoms with E-state index in [1.165, 1.54) is 19.3 Å². The summed E-state index contributed by atoms with van der Waals surface area (Å²) in [5.74, 6) is 0.173. The number of rotatable bonds is 2. The van der Waals surface area contributed by atoms with Gasteiger partial charge in [-0.15, -0.1) is 0 Å². The molecular weight excluding hydrogens is 214 g/mol. The number of hydrogen-bond acceptors (Lipinski definition) is 3. The van der Waals surface area contributed by atoms with E-state index in [9.17, 15) is 4.79 Å². The molecule has 4 nitrogen and oxygen atoms in total. The zero-order chi connectivity index (χ0) is 12.3. The highest BCUT2D eigenvalue weighted by Crippen LogP contribution is 2.25. The summed E-state index contributed by atoms with van der Waals surface area (Å²) >= 11 is 0. The summed E-state index contributed by atoms with van der Waals surface area (Å²) in [4.78, 5) is 16.4. The topological polar surface area (TPSA) is 47.3 Å². The van der Waals surface area contributed by atoms with Crippen molar-refractivity contribution in [1.29, 1.82) is 5.26 Å². The van der Waals surface area contributed by atoms with Crippen molar-refractivity contribution < 1.29 is 4.79 Å². The van der Waals surface area contributed by atoms with Crippen LogP contribution in [0.4, 0.5) is 0 Å². The Labute approximate surface area is 103 Å². The lowest BCUT2D eigenvalue weighted by molar-refractivity contribution is -0.144. The van der Waals surface area contributed by atoms with Gasteiger partial charge in [-0.25, -0.2) is 0 Å². The lowest BCUT2D eigenvalue weighted by Gasteiger charge is -2.43. The van der Waals surface area contributed by atoms with Gasteiger partial charge in [-0.1, -0.05) is 19.3 Å². The molecule has 0 radical (unpaired) electrons. The van der Waals surface area contributed by atoms with Crippen LogP contribution in [-0.2, 0) is 4.79 Å². The molecule has 0 aromatic carbocycles. The molecular formula is C13H21N3O. The number of nitriles is 1. The molecule has 1 saturated carbocycles. The molecule has 1 atom stereocenters. The van der Waals surface area contributed by atoms with Crippen molar-refractivity contribution in [3.63, 3.8) is 0 Å². The SMILES string of the molecule is CN1CCN(C2CCCCC2)C(=O)C1CC#N. The second-order valence-corrected chi connectivity index (χ2v) is 5.18. The van der Waals surface area contributed by atoms with Crippen molar-refractivity contribution in [2.24, 2.45) is 0 Å². The number of piperazine rings is 1. The first kappa shape index (κ1) is 12.4. The van der Waals surface area contributed by atoms with Gasteiger partial charge in [0.2, 0.25) is 5.91 Å². The van der Waals surface area contributed by atoms with Gasteiger partial charge < -0.3 is 4.90 Å². The average molecular weight is 235 g/mol. The Hall–Kier alpha value is -1.08. The maximum Gasteiger partial charge on any atom is 0.241 e. The minimum Gasteiger partial charge on any atom is -0.337 e. The standard InChI is InChI=1S/C13H21N3O/c1-15-9-10-16(11-5-3-2-4-6-11)13(17)12(15)7-8-14/h11-12H,2-7,9-10H2,1H3. The molecule has 1 amide bonds. The quantitative estimate of drug-likeness (QED) is 0.726. The van der Waals surface area contributed by atoms with Gasteiger partial charge in [0.25, 0.3) is 0 Å². The molecule has 4 heteroatoms. The van der Waals surface area contributed by atoms with Crippen LogP contribution in [0, 0.1) is 11.3 Å². The predicted molar refractivity (Wildman–Crippen MR) is 65.2 cm³/mol. The summed E-state index contributed by atoms with van der Waals surface area (Å²) in [6.45, 7) is 1.73. The molecule has 0 aromatic rings. The number of likely N-dealkylation sites (N-methyl/N-ethyl adjacent to an activating group) is 1. The first-order valence-corrected chi connectivity index (χ1v) is 6.61. The van der Waals surface area contributed by atoms with Gasteiger partial charge in [-0.3, -0.25) is 9.69 Å². The summed E-state index contributed by atoms with van der Waals surface area (Å²) in [6.07, 6.45) is 6.41. The van der Waals surface area contributed by atoms with Crippen LogP contribution in [0.25, 0.3) is 0 Å². The molecule has 1 aliphatic carbocycles. The van der Waals surface area contributed by atoms with Crippen molar-refractivity contribution >= 4 is 5.91 Å². The van der Waals surface area contributed by atoms with E-state index < -0.39 is 0 Å². The fourth-order valence-electron chi connectivity index (χ4n) is 3.00. The normalized spacial score (nSPS) is 28.1. The molecule has 1 unspecified atom stereocenters. The smallest absolute Gasteiger partial charge is 0.241 e. The van der Waals surface area contributed by atoms with Crippen molar-refractivity contribution in [3.05, 3.63) is 0 Å². The minimum absolute atomic E-state index is 0.173. The molecule has 94 valence electrons. The number of carbonyl (C=O) groups is 1. The van der Waals surface area contributed by atoms with Crippen LogP contribution < -0.4 is 0 Å². The number of hydrogen-bond donors (Lipinski definition) is 0. The monoisotopic (exact) mass is 235 g/mol. The summed E-state index contributed by atoms with van der Waals surface area (Å²) in [5.41, 5.74) is 0. The van der Waals surface area contributed by atoms with Crippen LogP contribution in [0.5, 0.6) is 0 Å². The molecule has 0 spiro atoms.